The number of methoxy groups -OCH3 is 1. The first-order valence-electron chi connectivity index (χ1n) is 9.95. The van der Waals surface area contributed by atoms with Crippen molar-refractivity contribution < 1.29 is 24.0 Å². The van der Waals surface area contributed by atoms with Gasteiger partial charge in [0.2, 0.25) is 0 Å². The predicted octanol–water partition coefficient (Wildman–Crippen LogP) is -0.379. The van der Waals surface area contributed by atoms with Gasteiger partial charge >= 0.3 is 0 Å². The summed E-state index contributed by atoms with van der Waals surface area (Å²) in [6.07, 6.45) is 0.685. The average Bonchev–Trinajstić information content (AvgIpc) is 2.74. The number of quaternary nitrogens is 1. The Morgan fingerprint density at radius 2 is 1.90 bits per heavy atom. The molecule has 1 aliphatic rings. The van der Waals surface area contributed by atoms with Crippen molar-refractivity contribution in [2.24, 2.45) is 0 Å². The van der Waals surface area contributed by atoms with Crippen molar-refractivity contribution >= 4 is 23.4 Å². The molecular formula is C22H27N4O4+. The average molecular weight is 411 g/mol. The zero-order valence-electron chi connectivity index (χ0n) is 17.0. The van der Waals surface area contributed by atoms with Crippen LogP contribution < -0.4 is 25.6 Å². The predicted molar refractivity (Wildman–Crippen MR) is 113 cm³/mol. The third-order valence-electron chi connectivity index (χ3n) is 4.93. The lowest BCUT2D eigenvalue weighted by molar-refractivity contribution is -0.885. The van der Waals surface area contributed by atoms with E-state index in [1.807, 2.05) is 24.3 Å². The van der Waals surface area contributed by atoms with Crippen molar-refractivity contribution in [2.75, 3.05) is 45.2 Å². The molecule has 1 saturated heterocycles. The summed E-state index contributed by atoms with van der Waals surface area (Å²) in [6, 6.07) is 14.6. The summed E-state index contributed by atoms with van der Waals surface area (Å²) in [4.78, 5) is 37.4. The molecule has 0 aromatic heterocycles. The van der Waals surface area contributed by atoms with E-state index in [2.05, 4.69) is 16.0 Å². The molecule has 0 aliphatic carbocycles. The van der Waals surface area contributed by atoms with E-state index < -0.39 is 0 Å². The van der Waals surface area contributed by atoms with Gasteiger partial charge in [-0.15, -0.1) is 0 Å². The molecular weight excluding hydrogens is 384 g/mol. The maximum Gasteiger partial charge on any atom is 0.279 e. The Morgan fingerprint density at radius 1 is 1.13 bits per heavy atom. The van der Waals surface area contributed by atoms with Crippen molar-refractivity contribution in [3.8, 4) is 5.75 Å². The topological polar surface area (TPSA) is 101 Å². The minimum absolute atomic E-state index is 0.0549. The number of hydrogen-bond acceptors (Lipinski definition) is 4. The monoisotopic (exact) mass is 411 g/mol. The summed E-state index contributed by atoms with van der Waals surface area (Å²) in [5, 5.41) is 8.45. The van der Waals surface area contributed by atoms with Crippen LogP contribution in [0, 0.1) is 0 Å². The number of nitrogens with one attached hydrogen (secondary N) is 4. The third kappa shape index (κ3) is 6.05. The molecule has 1 aliphatic heterocycles. The van der Waals surface area contributed by atoms with Gasteiger partial charge in [0.05, 0.1) is 31.5 Å². The second kappa shape index (κ2) is 10.4. The van der Waals surface area contributed by atoms with E-state index in [-0.39, 0.29) is 30.8 Å². The number of ether oxygens (including phenoxy) is 1. The number of anilines is 1. The van der Waals surface area contributed by atoms with Crippen molar-refractivity contribution in [2.45, 2.75) is 6.42 Å². The largest absolute Gasteiger partial charge is 0.497 e. The van der Waals surface area contributed by atoms with Crippen LogP contribution in [-0.2, 0) is 16.0 Å². The number of amides is 3. The lowest BCUT2D eigenvalue weighted by atomic mass is 10.1. The summed E-state index contributed by atoms with van der Waals surface area (Å²) in [7, 11) is 1.62. The summed E-state index contributed by atoms with van der Waals surface area (Å²) in [5.41, 5.74) is 1.96. The zero-order chi connectivity index (χ0) is 21.3. The molecule has 3 rings (SSSR count). The molecule has 0 bridgehead atoms. The van der Waals surface area contributed by atoms with Crippen LogP contribution in [0.25, 0.3) is 0 Å². The molecule has 2 aromatic rings. The smallest absolute Gasteiger partial charge is 0.279 e. The highest BCUT2D eigenvalue weighted by molar-refractivity contribution is 6.03. The number of carbonyl (C=O) groups excluding carboxylic acids is 3. The van der Waals surface area contributed by atoms with E-state index in [0.717, 1.165) is 16.2 Å². The van der Waals surface area contributed by atoms with Gasteiger partial charge in [0, 0.05) is 6.54 Å². The van der Waals surface area contributed by atoms with Crippen molar-refractivity contribution in [3.63, 3.8) is 0 Å². The maximum atomic E-state index is 12.6. The fourth-order valence-electron chi connectivity index (χ4n) is 3.33. The normalized spacial score (nSPS) is 15.8. The molecule has 0 radical (unpaired) electrons. The van der Waals surface area contributed by atoms with Gasteiger partial charge < -0.3 is 25.6 Å². The van der Waals surface area contributed by atoms with Crippen LogP contribution in [0.2, 0.25) is 0 Å². The van der Waals surface area contributed by atoms with Gasteiger partial charge in [-0.2, -0.15) is 0 Å². The Labute approximate surface area is 175 Å². The first-order valence-corrected chi connectivity index (χ1v) is 9.95. The molecule has 1 fully saturated rings. The highest BCUT2D eigenvalue weighted by Crippen LogP contribution is 2.15. The van der Waals surface area contributed by atoms with E-state index in [4.69, 9.17) is 4.74 Å². The van der Waals surface area contributed by atoms with E-state index in [1.165, 1.54) is 0 Å². The van der Waals surface area contributed by atoms with E-state index >= 15 is 0 Å². The van der Waals surface area contributed by atoms with Crippen LogP contribution in [0.4, 0.5) is 5.69 Å². The Balaban J connectivity index is 1.53. The molecule has 158 valence electrons. The van der Waals surface area contributed by atoms with Crippen LogP contribution in [0.1, 0.15) is 15.9 Å². The molecule has 1 heterocycles. The maximum absolute atomic E-state index is 12.6. The lowest BCUT2D eigenvalue weighted by Crippen LogP contribution is -3.16. The van der Waals surface area contributed by atoms with Gasteiger partial charge in [-0.05, 0) is 36.2 Å². The summed E-state index contributed by atoms with van der Waals surface area (Å²) in [5.74, 6) is 0.266. The molecule has 0 spiro atoms. The molecule has 1 atom stereocenters. The van der Waals surface area contributed by atoms with E-state index in [0.29, 0.717) is 37.3 Å². The number of para-hydroxylation sites is 1. The Kier molecular flexibility index (Phi) is 7.40. The van der Waals surface area contributed by atoms with Gasteiger partial charge in [-0.3, -0.25) is 14.4 Å². The Hall–Kier alpha value is -3.39. The first-order chi connectivity index (χ1) is 14.5. The lowest BCUT2D eigenvalue weighted by Gasteiger charge is -2.23. The van der Waals surface area contributed by atoms with Crippen molar-refractivity contribution in [3.05, 3.63) is 59.7 Å². The standard InChI is InChI=1S/C22H26N4O4/c1-30-17-8-6-16(7-9-17)10-11-24-22(29)18-4-2-3-5-19(18)25-21(28)15-26-13-12-23-20(27)14-26/h2-9H,10-15H2,1H3,(H,23,27)(H,24,29)(H,25,28)/p+1. The second-order valence-corrected chi connectivity index (χ2v) is 7.15. The molecule has 0 saturated carbocycles. The van der Waals surface area contributed by atoms with Gasteiger partial charge in [-0.25, -0.2) is 0 Å². The van der Waals surface area contributed by atoms with Crippen LogP contribution in [0.15, 0.2) is 48.5 Å². The van der Waals surface area contributed by atoms with Crippen molar-refractivity contribution in [1.29, 1.82) is 0 Å². The van der Waals surface area contributed by atoms with Gasteiger partial charge in [0.1, 0.15) is 5.75 Å². The molecule has 8 heteroatoms. The number of piperazine rings is 1. The fourth-order valence-corrected chi connectivity index (χ4v) is 3.33. The minimum Gasteiger partial charge on any atom is -0.497 e. The highest BCUT2D eigenvalue weighted by Gasteiger charge is 2.23. The second-order valence-electron chi connectivity index (χ2n) is 7.15. The van der Waals surface area contributed by atoms with E-state index in [1.54, 1.807) is 31.4 Å². The quantitative estimate of drug-likeness (QED) is 0.476. The van der Waals surface area contributed by atoms with Gasteiger partial charge in [0.15, 0.2) is 13.1 Å². The molecule has 30 heavy (non-hydrogen) atoms. The number of hydrogen-bond donors (Lipinski definition) is 4. The van der Waals surface area contributed by atoms with Crippen molar-refractivity contribution in [1.82, 2.24) is 10.6 Å². The van der Waals surface area contributed by atoms with Gasteiger partial charge in [0.25, 0.3) is 17.7 Å². The molecule has 2 aromatic carbocycles. The van der Waals surface area contributed by atoms with Crippen LogP contribution in [0.5, 0.6) is 5.75 Å². The fraction of sp³-hybridized carbons (Fsp3) is 0.318. The molecule has 3 amide bonds. The molecule has 8 nitrogen and oxygen atoms in total. The number of benzene rings is 2. The first kappa shape index (κ1) is 21.3. The molecule has 4 N–H and O–H groups in total. The summed E-state index contributed by atoms with van der Waals surface area (Å²) in [6.45, 7) is 2.20. The SMILES string of the molecule is COc1ccc(CCNC(=O)c2ccccc2NC(=O)C[NH+]2CCNC(=O)C2)cc1. The van der Waals surface area contributed by atoms with Crippen LogP contribution in [0.3, 0.4) is 0 Å². The van der Waals surface area contributed by atoms with Crippen LogP contribution in [-0.4, -0.2) is 57.6 Å². The van der Waals surface area contributed by atoms with Crippen LogP contribution >= 0.6 is 0 Å². The third-order valence-corrected chi connectivity index (χ3v) is 4.93. The van der Waals surface area contributed by atoms with E-state index in [9.17, 15) is 14.4 Å². The Morgan fingerprint density at radius 3 is 2.63 bits per heavy atom. The Bertz CT molecular complexity index is 898. The number of carbonyl (C=O) groups is 3. The molecule has 1 unspecified atom stereocenters. The highest BCUT2D eigenvalue weighted by atomic mass is 16.5. The summed E-state index contributed by atoms with van der Waals surface area (Å²) < 4.78 is 5.14. The zero-order valence-corrected chi connectivity index (χ0v) is 17.0. The number of rotatable bonds is 8. The van der Waals surface area contributed by atoms with Gasteiger partial charge in [-0.1, -0.05) is 24.3 Å². The summed E-state index contributed by atoms with van der Waals surface area (Å²) >= 11 is 0. The minimum atomic E-state index is -0.246.